The highest BCUT2D eigenvalue weighted by atomic mass is 35.5. The summed E-state index contributed by atoms with van der Waals surface area (Å²) in [7, 11) is 0. The van der Waals surface area contributed by atoms with Crippen LogP contribution in [0.1, 0.15) is 21.7 Å². The van der Waals surface area contributed by atoms with Gasteiger partial charge in [-0.05, 0) is 30.3 Å². The van der Waals surface area contributed by atoms with Gasteiger partial charge in [-0.2, -0.15) is 36.5 Å². The van der Waals surface area contributed by atoms with Crippen LogP contribution in [0.2, 0.25) is 5.15 Å². The Morgan fingerprint density at radius 2 is 1.72 bits per heavy atom. The van der Waals surface area contributed by atoms with E-state index < -0.39 is 35.2 Å². The highest BCUT2D eigenvalue weighted by Gasteiger charge is 2.41. The first-order valence-electron chi connectivity index (χ1n) is 8.59. The van der Waals surface area contributed by atoms with E-state index in [9.17, 15) is 31.1 Å². The van der Waals surface area contributed by atoms with E-state index in [1.165, 1.54) is 28.9 Å². The molecule has 4 aromatic heterocycles. The fourth-order valence-corrected chi connectivity index (χ4v) is 3.18. The number of carbonyl (C=O) groups excluding carboxylic acids is 1. The Labute approximate surface area is 179 Å². The summed E-state index contributed by atoms with van der Waals surface area (Å²) in [6.07, 6.45) is -7.07. The molecule has 7 nitrogen and oxygen atoms in total. The van der Waals surface area contributed by atoms with Gasteiger partial charge in [-0.1, -0.05) is 11.6 Å². The van der Waals surface area contributed by atoms with Gasteiger partial charge in [-0.3, -0.25) is 9.78 Å². The SMILES string of the molecule is O=C(Nc1ccnc(C(F)(F)F)c1)c1cnn(-c2ccc(Cl)n3nccc23)c1C(F)(F)F. The number of carbonyl (C=O) groups is 1. The first kappa shape index (κ1) is 21.6. The van der Waals surface area contributed by atoms with Crippen LogP contribution in [0.4, 0.5) is 32.0 Å². The monoisotopic (exact) mass is 474 g/mol. The maximum absolute atomic E-state index is 13.9. The molecule has 0 saturated carbocycles. The van der Waals surface area contributed by atoms with Crippen LogP contribution in [0.5, 0.6) is 0 Å². The first-order chi connectivity index (χ1) is 15.0. The molecule has 0 aromatic carbocycles. The van der Waals surface area contributed by atoms with E-state index in [0.29, 0.717) is 16.9 Å². The van der Waals surface area contributed by atoms with Crippen LogP contribution < -0.4 is 5.32 Å². The molecule has 0 atom stereocenters. The van der Waals surface area contributed by atoms with Gasteiger partial charge in [-0.15, -0.1) is 0 Å². The van der Waals surface area contributed by atoms with Gasteiger partial charge in [0.05, 0.1) is 29.2 Å². The number of hydrogen-bond acceptors (Lipinski definition) is 4. The van der Waals surface area contributed by atoms with Gasteiger partial charge in [0.25, 0.3) is 5.91 Å². The Kier molecular flexibility index (Phi) is 5.07. The second-order valence-electron chi connectivity index (χ2n) is 6.37. The van der Waals surface area contributed by atoms with Crippen LogP contribution in [0.3, 0.4) is 0 Å². The Hall–Kier alpha value is -3.61. The Bertz CT molecular complexity index is 1330. The fraction of sp³-hybridized carbons (Fsp3) is 0.111. The smallest absolute Gasteiger partial charge is 0.322 e. The number of amides is 1. The molecule has 0 aliphatic carbocycles. The molecule has 14 heteroatoms. The summed E-state index contributed by atoms with van der Waals surface area (Å²) in [6.45, 7) is 0. The van der Waals surface area contributed by atoms with Crippen LogP contribution in [0.25, 0.3) is 11.2 Å². The zero-order chi connectivity index (χ0) is 23.3. The highest BCUT2D eigenvalue weighted by Crippen LogP contribution is 2.35. The predicted octanol–water partition coefficient (Wildman–Crippen LogP) is 4.86. The highest BCUT2D eigenvalue weighted by molar-refractivity contribution is 6.29. The lowest BCUT2D eigenvalue weighted by Gasteiger charge is -2.14. The van der Waals surface area contributed by atoms with Crippen LogP contribution in [-0.4, -0.2) is 30.3 Å². The molecule has 0 fully saturated rings. The van der Waals surface area contributed by atoms with Crippen molar-refractivity contribution in [1.82, 2.24) is 24.4 Å². The second-order valence-corrected chi connectivity index (χ2v) is 6.75. The van der Waals surface area contributed by atoms with Gasteiger partial charge in [0.1, 0.15) is 10.8 Å². The maximum atomic E-state index is 13.9. The van der Waals surface area contributed by atoms with Gasteiger partial charge in [0.15, 0.2) is 5.69 Å². The van der Waals surface area contributed by atoms with Gasteiger partial charge in [-0.25, -0.2) is 9.20 Å². The van der Waals surface area contributed by atoms with Crippen LogP contribution >= 0.6 is 11.6 Å². The van der Waals surface area contributed by atoms with Gasteiger partial charge < -0.3 is 5.32 Å². The van der Waals surface area contributed by atoms with Gasteiger partial charge >= 0.3 is 12.4 Å². The summed E-state index contributed by atoms with van der Waals surface area (Å²) in [5.41, 5.74) is -3.90. The molecule has 0 saturated heterocycles. The number of aromatic nitrogens is 5. The normalized spacial score (nSPS) is 12.3. The van der Waals surface area contributed by atoms with Crippen molar-refractivity contribution in [2.75, 3.05) is 5.32 Å². The van der Waals surface area contributed by atoms with E-state index in [-0.39, 0.29) is 22.0 Å². The number of anilines is 1. The van der Waals surface area contributed by atoms with Crippen molar-refractivity contribution in [3.05, 3.63) is 71.0 Å². The average Bonchev–Trinajstić information content (AvgIpc) is 3.35. The fourth-order valence-electron chi connectivity index (χ4n) is 2.98. The quantitative estimate of drug-likeness (QED) is 0.340. The molecule has 0 radical (unpaired) electrons. The molecule has 0 spiro atoms. The summed E-state index contributed by atoms with van der Waals surface area (Å²) < 4.78 is 81.8. The maximum Gasteiger partial charge on any atom is 0.434 e. The molecule has 1 N–H and O–H groups in total. The standard InChI is InChI=1S/C18H9ClF6N6O/c19-14-2-1-11(12-4-6-27-30(12)14)31-15(18(23,24)25)10(8-28-31)16(32)29-9-3-5-26-13(7-9)17(20,21)22/h1-8H,(H,26,29,32). The van der Waals surface area contributed by atoms with Crippen molar-refractivity contribution < 1.29 is 31.1 Å². The van der Waals surface area contributed by atoms with E-state index in [4.69, 9.17) is 11.6 Å². The third-order valence-corrected chi connectivity index (χ3v) is 4.59. The van der Waals surface area contributed by atoms with Crippen molar-refractivity contribution >= 4 is 28.7 Å². The van der Waals surface area contributed by atoms with E-state index in [0.717, 1.165) is 12.3 Å². The number of nitrogens with one attached hydrogen (secondary N) is 1. The number of pyridine rings is 2. The number of rotatable bonds is 3. The minimum atomic E-state index is -5.03. The molecule has 0 aliphatic rings. The summed E-state index contributed by atoms with van der Waals surface area (Å²) in [5.74, 6) is -1.30. The lowest BCUT2D eigenvalue weighted by atomic mass is 10.2. The third-order valence-electron chi connectivity index (χ3n) is 4.31. The molecule has 32 heavy (non-hydrogen) atoms. The van der Waals surface area contributed by atoms with E-state index in [1.807, 2.05) is 5.32 Å². The van der Waals surface area contributed by atoms with E-state index >= 15 is 0 Å². The lowest BCUT2D eigenvalue weighted by molar-refractivity contribution is -0.143. The Morgan fingerprint density at radius 1 is 0.969 bits per heavy atom. The van der Waals surface area contributed by atoms with Crippen LogP contribution in [-0.2, 0) is 12.4 Å². The summed E-state index contributed by atoms with van der Waals surface area (Å²) in [4.78, 5) is 15.7. The summed E-state index contributed by atoms with van der Waals surface area (Å²) in [5, 5.41) is 9.75. The molecule has 1 amide bonds. The Morgan fingerprint density at radius 3 is 2.41 bits per heavy atom. The number of fused-ring (bicyclic) bond motifs is 1. The van der Waals surface area contributed by atoms with Crippen LogP contribution in [0, 0.1) is 0 Å². The summed E-state index contributed by atoms with van der Waals surface area (Å²) >= 11 is 5.98. The number of nitrogens with zero attached hydrogens (tertiary/aromatic N) is 5. The van der Waals surface area contributed by atoms with E-state index in [2.05, 4.69) is 15.2 Å². The first-order valence-corrected chi connectivity index (χ1v) is 8.97. The molecule has 4 heterocycles. The zero-order valence-corrected chi connectivity index (χ0v) is 16.2. The topological polar surface area (TPSA) is 77.1 Å². The Balaban J connectivity index is 1.78. The minimum Gasteiger partial charge on any atom is -0.322 e. The average molecular weight is 475 g/mol. The molecule has 0 unspecified atom stereocenters. The molecular formula is C18H9ClF6N6O. The third kappa shape index (κ3) is 3.86. The van der Waals surface area contributed by atoms with Crippen molar-refractivity contribution in [1.29, 1.82) is 0 Å². The number of hydrogen-bond donors (Lipinski definition) is 1. The molecule has 0 bridgehead atoms. The molecule has 0 aliphatic heterocycles. The molecule has 4 rings (SSSR count). The van der Waals surface area contributed by atoms with E-state index in [1.54, 1.807) is 0 Å². The number of alkyl halides is 6. The van der Waals surface area contributed by atoms with Crippen molar-refractivity contribution in [3.8, 4) is 5.69 Å². The van der Waals surface area contributed by atoms with Gasteiger partial charge in [0, 0.05) is 11.9 Å². The van der Waals surface area contributed by atoms with Crippen molar-refractivity contribution in [2.24, 2.45) is 0 Å². The number of halogens is 7. The molecule has 166 valence electrons. The van der Waals surface area contributed by atoms with Crippen molar-refractivity contribution in [3.63, 3.8) is 0 Å². The minimum absolute atomic E-state index is 0.0680. The lowest BCUT2D eigenvalue weighted by Crippen LogP contribution is -2.21. The zero-order valence-electron chi connectivity index (χ0n) is 15.4. The van der Waals surface area contributed by atoms with Gasteiger partial charge in [0.2, 0.25) is 0 Å². The van der Waals surface area contributed by atoms with Crippen molar-refractivity contribution in [2.45, 2.75) is 12.4 Å². The van der Waals surface area contributed by atoms with Crippen LogP contribution in [0.15, 0.2) is 48.9 Å². The second kappa shape index (κ2) is 7.51. The molecular weight excluding hydrogens is 466 g/mol. The molecule has 4 aromatic rings. The largest absolute Gasteiger partial charge is 0.434 e. The summed E-state index contributed by atoms with van der Waals surface area (Å²) in [6, 6.07) is 5.48. The predicted molar refractivity (Wildman–Crippen MR) is 99.5 cm³/mol.